The Kier molecular flexibility index (Phi) is 4.53. The fraction of sp³-hybridized carbons (Fsp3) is 0.467. The highest BCUT2D eigenvalue weighted by Crippen LogP contribution is 2.16. The molecule has 0 unspecified atom stereocenters. The summed E-state index contributed by atoms with van der Waals surface area (Å²) in [7, 11) is 0. The van der Waals surface area contributed by atoms with E-state index in [9.17, 15) is 14.7 Å². The van der Waals surface area contributed by atoms with Gasteiger partial charge in [-0.3, -0.25) is 14.2 Å². The van der Waals surface area contributed by atoms with E-state index >= 15 is 0 Å². The van der Waals surface area contributed by atoms with E-state index in [2.05, 4.69) is 29.4 Å². The molecule has 0 bridgehead atoms. The quantitative estimate of drug-likeness (QED) is 0.845. The van der Waals surface area contributed by atoms with Crippen molar-refractivity contribution in [3.63, 3.8) is 0 Å². The molecule has 2 N–H and O–H groups in total. The maximum Gasteiger partial charge on any atom is 0.331 e. The highest BCUT2D eigenvalue weighted by molar-refractivity contribution is 6.03. The Morgan fingerprint density at radius 1 is 1.39 bits per heavy atom. The first-order chi connectivity index (χ1) is 10.7. The first-order valence-corrected chi connectivity index (χ1v) is 7.33. The summed E-state index contributed by atoms with van der Waals surface area (Å²) in [4.78, 5) is 23.4. The minimum absolute atomic E-state index is 0.293. The number of anilines is 1. The zero-order chi connectivity index (χ0) is 17.2. The van der Waals surface area contributed by atoms with Crippen molar-refractivity contribution in [2.45, 2.75) is 39.8 Å². The molecule has 0 fully saturated rings. The van der Waals surface area contributed by atoms with Gasteiger partial charge in [0.15, 0.2) is 11.4 Å². The highest BCUT2D eigenvalue weighted by atomic mass is 16.4. The first-order valence-electron chi connectivity index (χ1n) is 7.33. The van der Waals surface area contributed by atoms with Gasteiger partial charge in [-0.15, -0.1) is 0 Å². The fourth-order valence-electron chi connectivity index (χ4n) is 1.94. The number of hydrogen-bond donors (Lipinski definition) is 2. The third-order valence-electron chi connectivity index (χ3n) is 3.37. The minimum atomic E-state index is -1.19. The fourth-order valence-corrected chi connectivity index (χ4v) is 1.94. The average molecular weight is 319 g/mol. The monoisotopic (exact) mass is 319 g/mol. The summed E-state index contributed by atoms with van der Waals surface area (Å²) < 4.78 is 3.01. The molecule has 2 rings (SSSR count). The van der Waals surface area contributed by atoms with Gasteiger partial charge in [-0.25, -0.2) is 4.79 Å². The second kappa shape index (κ2) is 6.23. The van der Waals surface area contributed by atoms with Gasteiger partial charge in [0.25, 0.3) is 5.91 Å². The molecule has 0 spiro atoms. The number of carbonyl (C=O) groups is 2. The molecule has 0 aliphatic heterocycles. The largest absolute Gasteiger partial charge is 0.479 e. The van der Waals surface area contributed by atoms with Gasteiger partial charge in [0, 0.05) is 25.0 Å². The van der Waals surface area contributed by atoms with Crippen LogP contribution in [0.4, 0.5) is 5.82 Å². The Morgan fingerprint density at radius 2 is 2.09 bits per heavy atom. The van der Waals surface area contributed by atoms with Crippen molar-refractivity contribution in [1.82, 2.24) is 19.6 Å². The molecule has 0 aliphatic rings. The van der Waals surface area contributed by atoms with Crippen molar-refractivity contribution in [2.75, 3.05) is 5.32 Å². The number of aliphatic carboxylic acids is 1. The van der Waals surface area contributed by atoms with Crippen molar-refractivity contribution < 1.29 is 14.7 Å². The number of carbonyl (C=O) groups excluding carboxylic acids is 1. The van der Waals surface area contributed by atoms with Crippen LogP contribution in [0.1, 0.15) is 38.1 Å². The van der Waals surface area contributed by atoms with Gasteiger partial charge in [0.05, 0.1) is 11.8 Å². The molecule has 2 heterocycles. The number of carboxylic acid groups (broad SMARTS) is 1. The molecule has 23 heavy (non-hydrogen) atoms. The van der Waals surface area contributed by atoms with E-state index in [1.54, 1.807) is 16.9 Å². The van der Waals surface area contributed by atoms with Crippen LogP contribution in [0, 0.1) is 5.92 Å². The van der Waals surface area contributed by atoms with E-state index < -0.39 is 11.5 Å². The number of hydrogen-bond acceptors (Lipinski definition) is 4. The van der Waals surface area contributed by atoms with Crippen LogP contribution in [0.2, 0.25) is 0 Å². The topological polar surface area (TPSA) is 102 Å². The van der Waals surface area contributed by atoms with Crippen molar-refractivity contribution in [3.8, 4) is 0 Å². The SMILES string of the molecule is CC(C)Cn1cc(C(=O)Nc2ccn(C(C)(C)C(=O)O)n2)cn1. The molecule has 0 atom stereocenters. The third-order valence-corrected chi connectivity index (χ3v) is 3.37. The number of carboxylic acids is 1. The normalized spacial score (nSPS) is 11.7. The summed E-state index contributed by atoms with van der Waals surface area (Å²) >= 11 is 0. The van der Waals surface area contributed by atoms with Crippen molar-refractivity contribution >= 4 is 17.7 Å². The molecular weight excluding hydrogens is 298 g/mol. The molecule has 2 aromatic heterocycles. The van der Waals surface area contributed by atoms with E-state index in [0.717, 1.165) is 6.54 Å². The van der Waals surface area contributed by atoms with Gasteiger partial charge in [-0.1, -0.05) is 13.8 Å². The summed E-state index contributed by atoms with van der Waals surface area (Å²) in [5.74, 6) is -0.618. The van der Waals surface area contributed by atoms with Crippen LogP contribution < -0.4 is 5.32 Å². The predicted molar refractivity (Wildman–Crippen MR) is 84.2 cm³/mol. The van der Waals surface area contributed by atoms with Crippen molar-refractivity contribution in [1.29, 1.82) is 0 Å². The molecule has 0 saturated heterocycles. The molecule has 0 aliphatic carbocycles. The Bertz CT molecular complexity index is 714. The van der Waals surface area contributed by atoms with E-state index in [-0.39, 0.29) is 5.91 Å². The molecule has 124 valence electrons. The molecule has 0 aromatic carbocycles. The number of nitrogens with one attached hydrogen (secondary N) is 1. The summed E-state index contributed by atoms with van der Waals surface area (Å²) in [6, 6.07) is 1.56. The molecule has 8 heteroatoms. The summed E-state index contributed by atoms with van der Waals surface area (Å²) in [6.45, 7) is 7.93. The summed E-state index contributed by atoms with van der Waals surface area (Å²) in [5.41, 5.74) is -0.761. The van der Waals surface area contributed by atoms with Gasteiger partial charge in [-0.2, -0.15) is 10.2 Å². The third kappa shape index (κ3) is 3.77. The van der Waals surface area contributed by atoms with Gasteiger partial charge in [0.1, 0.15) is 0 Å². The van der Waals surface area contributed by atoms with E-state index in [0.29, 0.717) is 17.3 Å². The number of rotatable bonds is 6. The molecule has 0 saturated carbocycles. The van der Waals surface area contributed by atoms with Crippen LogP contribution in [0.15, 0.2) is 24.7 Å². The summed E-state index contributed by atoms with van der Waals surface area (Å²) in [6.07, 6.45) is 4.69. The molecule has 2 aromatic rings. The number of amides is 1. The van der Waals surface area contributed by atoms with E-state index in [1.807, 2.05) is 0 Å². The Hall–Kier alpha value is -2.64. The van der Waals surface area contributed by atoms with Crippen LogP contribution in [-0.4, -0.2) is 36.5 Å². The first kappa shape index (κ1) is 16.7. The standard InChI is InChI=1S/C15H21N5O3/c1-10(2)8-19-9-11(7-16-19)13(21)17-12-5-6-20(18-12)15(3,4)14(22)23/h5-7,9-10H,8H2,1-4H3,(H,22,23)(H,17,18,21). The maximum atomic E-state index is 12.2. The zero-order valence-corrected chi connectivity index (χ0v) is 13.6. The van der Waals surface area contributed by atoms with Crippen LogP contribution in [0.5, 0.6) is 0 Å². The van der Waals surface area contributed by atoms with Crippen LogP contribution in [-0.2, 0) is 16.9 Å². The predicted octanol–water partition coefficient (Wildman–Crippen LogP) is 1.81. The lowest BCUT2D eigenvalue weighted by atomic mass is 10.1. The second-order valence-corrected chi connectivity index (χ2v) is 6.31. The Balaban J connectivity index is 2.08. The number of aromatic nitrogens is 4. The van der Waals surface area contributed by atoms with Crippen molar-refractivity contribution in [2.24, 2.45) is 5.92 Å². The van der Waals surface area contributed by atoms with Crippen LogP contribution in [0.25, 0.3) is 0 Å². The van der Waals surface area contributed by atoms with Gasteiger partial charge < -0.3 is 10.4 Å². The van der Waals surface area contributed by atoms with E-state index in [4.69, 9.17) is 0 Å². The zero-order valence-electron chi connectivity index (χ0n) is 13.6. The average Bonchev–Trinajstić information content (AvgIpc) is 3.07. The van der Waals surface area contributed by atoms with Crippen molar-refractivity contribution in [3.05, 3.63) is 30.2 Å². The second-order valence-electron chi connectivity index (χ2n) is 6.31. The van der Waals surface area contributed by atoms with Crippen LogP contribution in [0.3, 0.4) is 0 Å². The summed E-state index contributed by atoms with van der Waals surface area (Å²) in [5, 5.41) is 20.1. The lowest BCUT2D eigenvalue weighted by Gasteiger charge is -2.19. The molecule has 8 nitrogen and oxygen atoms in total. The minimum Gasteiger partial charge on any atom is -0.479 e. The van der Waals surface area contributed by atoms with Gasteiger partial charge in [-0.05, 0) is 19.8 Å². The van der Waals surface area contributed by atoms with E-state index in [1.165, 1.54) is 30.9 Å². The lowest BCUT2D eigenvalue weighted by molar-refractivity contribution is -0.146. The van der Waals surface area contributed by atoms with Gasteiger partial charge in [0.2, 0.25) is 0 Å². The lowest BCUT2D eigenvalue weighted by Crippen LogP contribution is -2.36. The van der Waals surface area contributed by atoms with Gasteiger partial charge >= 0.3 is 5.97 Å². The molecule has 0 radical (unpaired) electrons. The Labute approximate surface area is 134 Å². The molecular formula is C15H21N5O3. The smallest absolute Gasteiger partial charge is 0.331 e. The highest BCUT2D eigenvalue weighted by Gasteiger charge is 2.30. The maximum absolute atomic E-state index is 12.2. The molecule has 1 amide bonds. The number of nitrogens with zero attached hydrogens (tertiary/aromatic N) is 4. The Morgan fingerprint density at radius 3 is 2.70 bits per heavy atom. The van der Waals surface area contributed by atoms with Crippen LogP contribution >= 0.6 is 0 Å².